The third-order valence-corrected chi connectivity index (χ3v) is 13.4. The van der Waals surface area contributed by atoms with Crippen LogP contribution < -0.4 is 9.80 Å². The molecule has 0 bridgehead atoms. The Hall–Kier alpha value is -4.38. The van der Waals surface area contributed by atoms with E-state index in [-0.39, 0.29) is 36.8 Å². The van der Waals surface area contributed by atoms with Crippen molar-refractivity contribution in [3.8, 4) is 0 Å². The molecular weight excluding hydrogens is 626 g/mol. The molecule has 0 radical (unpaired) electrons. The molecule has 4 aliphatic heterocycles. The van der Waals surface area contributed by atoms with Crippen molar-refractivity contribution >= 4 is 59.7 Å². The van der Waals surface area contributed by atoms with Crippen LogP contribution in [0.25, 0.3) is 10.8 Å². The van der Waals surface area contributed by atoms with E-state index in [2.05, 4.69) is 0 Å². The Labute approximate surface area is 279 Å². The van der Waals surface area contributed by atoms with Gasteiger partial charge in [-0.05, 0) is 73.8 Å². The first-order valence-electron chi connectivity index (χ1n) is 16.7. The van der Waals surface area contributed by atoms with Gasteiger partial charge >= 0.3 is 0 Å². The number of rotatable bonds is 6. The summed E-state index contributed by atoms with van der Waals surface area (Å²) >= 11 is 0. The lowest BCUT2D eigenvalue weighted by Gasteiger charge is -2.31. The highest BCUT2D eigenvalue weighted by molar-refractivity contribution is 6.72. The van der Waals surface area contributed by atoms with Crippen molar-refractivity contribution in [1.29, 1.82) is 0 Å². The number of amides is 3. The highest BCUT2D eigenvalue weighted by atomic mass is 28.4. The molecule has 8 nitrogen and oxygen atoms in total. The number of nitrogens with zero attached hydrogens (tertiary/aromatic N) is 3. The second kappa shape index (κ2) is 11.1. The molecule has 4 aliphatic rings. The molecule has 0 aromatic heterocycles. The summed E-state index contributed by atoms with van der Waals surface area (Å²) in [5.74, 6) is -1.31. The van der Waals surface area contributed by atoms with E-state index in [1.54, 1.807) is 27.8 Å². The monoisotopic (exact) mass is 663 g/mol. The smallest absolute Gasteiger partial charge is 0.268 e. The van der Waals surface area contributed by atoms with E-state index in [1.807, 2.05) is 91.9 Å². The topological polar surface area (TPSA) is 90.4 Å². The summed E-state index contributed by atoms with van der Waals surface area (Å²) in [7, 11) is -3.53. The molecule has 0 unspecified atom stereocenters. The number of anilines is 4. The zero-order valence-electron chi connectivity index (χ0n) is 27.2. The van der Waals surface area contributed by atoms with Crippen LogP contribution in [-0.4, -0.2) is 61.4 Å². The van der Waals surface area contributed by atoms with Gasteiger partial charge in [0.1, 0.15) is 0 Å². The first-order valence-corrected chi connectivity index (χ1v) is 19.7. The summed E-state index contributed by atoms with van der Waals surface area (Å²) < 4.78 is 23.4. The molecule has 5 atom stereocenters. The maximum absolute atomic E-state index is 16.5. The van der Waals surface area contributed by atoms with Crippen LogP contribution in [0.3, 0.4) is 0 Å². The molecule has 2 fully saturated rings. The van der Waals surface area contributed by atoms with Crippen molar-refractivity contribution in [2.75, 3.05) is 23.0 Å². The lowest BCUT2D eigenvalue weighted by molar-refractivity contribution is -0.149. The van der Waals surface area contributed by atoms with Crippen LogP contribution in [-0.2, 0) is 19.9 Å². The molecule has 4 aromatic carbocycles. The number of likely N-dealkylation sites (tertiary alicyclic amines) is 1. The quantitative estimate of drug-likeness (QED) is 0.178. The van der Waals surface area contributed by atoms with Gasteiger partial charge in [0.15, 0.2) is 5.60 Å². The first kappa shape index (κ1) is 30.9. The lowest BCUT2D eigenvalue weighted by Crippen LogP contribution is -2.44. The average molecular weight is 664 g/mol. The second-order valence-electron chi connectivity index (χ2n) is 14.0. The maximum Gasteiger partial charge on any atom is 0.268 e. The minimum absolute atomic E-state index is 0.0802. The van der Waals surface area contributed by atoms with Gasteiger partial charge in [-0.2, -0.15) is 0 Å². The fraction of sp³-hybridized carbons (Fsp3) is 0.342. The van der Waals surface area contributed by atoms with Crippen LogP contribution in [0.5, 0.6) is 0 Å². The molecule has 4 aromatic rings. The van der Waals surface area contributed by atoms with Gasteiger partial charge in [-0.1, -0.05) is 49.4 Å². The van der Waals surface area contributed by atoms with Gasteiger partial charge in [0.25, 0.3) is 11.8 Å². The van der Waals surface area contributed by atoms with Crippen LogP contribution in [0.15, 0.2) is 84.9 Å². The van der Waals surface area contributed by atoms with Crippen molar-refractivity contribution in [3.05, 3.63) is 96.1 Å². The minimum atomic E-state index is -3.53. The summed E-state index contributed by atoms with van der Waals surface area (Å²) in [6.45, 7) is 5.51. The van der Waals surface area contributed by atoms with E-state index < -0.39 is 31.6 Å². The molecule has 1 N–H and O–H groups in total. The molecule has 3 amide bonds. The predicted octanol–water partition coefficient (Wildman–Crippen LogP) is 6.96. The van der Waals surface area contributed by atoms with Gasteiger partial charge in [-0.3, -0.25) is 24.2 Å². The number of hydrogen-bond acceptors (Lipinski definition) is 5. The number of hydrogen-bond donors (Lipinski definition) is 1. The van der Waals surface area contributed by atoms with E-state index in [0.29, 0.717) is 41.2 Å². The first-order chi connectivity index (χ1) is 23.1. The van der Waals surface area contributed by atoms with Crippen LogP contribution in [0.2, 0.25) is 18.6 Å². The molecule has 1 spiro atoms. The standard InChI is InChI=1S/C38H38FN3O5Si/c1-23-35(48(2,3)39)32(21-33(44)40-19-9-14-27(40)22-43)47-38(23)29-20-26(17-18-30(29)42(37(38)46)25-12-5-4-6-13-25)41-31-16-8-11-24-10-7-15-28(34(24)31)36(41)45/h4-8,10-13,15-18,20,23,27,32,35,43H,9,14,19,21-22H2,1-3H3/t23-,27+,32+,35-,38+/m1/s1. The maximum atomic E-state index is 16.5. The van der Waals surface area contributed by atoms with Crippen molar-refractivity contribution in [2.24, 2.45) is 5.92 Å². The van der Waals surface area contributed by atoms with Gasteiger partial charge in [-0.25, -0.2) is 0 Å². The lowest BCUT2D eigenvalue weighted by atomic mass is 9.82. The van der Waals surface area contributed by atoms with Crippen molar-refractivity contribution in [3.63, 3.8) is 0 Å². The Bertz CT molecular complexity index is 1980. The SMILES string of the molecule is C[C@@H]1[C@@H]([Si](C)(C)F)[C@H](CC(=O)N2CCC[C@H]2CO)O[C@@]12C(=O)N(c1ccccc1)c1ccc(N3C(=O)c4cccc5cccc3c45)cc12. The van der Waals surface area contributed by atoms with E-state index in [9.17, 15) is 19.5 Å². The number of ether oxygens (including phenoxy) is 1. The zero-order valence-corrected chi connectivity index (χ0v) is 28.2. The molecule has 2 saturated heterocycles. The summed E-state index contributed by atoms with van der Waals surface area (Å²) in [6, 6.07) is 26.1. The highest BCUT2D eigenvalue weighted by Gasteiger charge is 2.67. The molecule has 4 heterocycles. The van der Waals surface area contributed by atoms with Crippen LogP contribution in [0.4, 0.5) is 26.9 Å². The average Bonchev–Trinajstić information content (AvgIpc) is 3.80. The Balaban J connectivity index is 1.27. The van der Waals surface area contributed by atoms with Crippen LogP contribution >= 0.6 is 0 Å². The third-order valence-electron chi connectivity index (χ3n) is 11.0. The Morgan fingerprint density at radius 2 is 1.71 bits per heavy atom. The number of para-hydroxylation sites is 1. The Morgan fingerprint density at radius 1 is 0.958 bits per heavy atom. The fourth-order valence-corrected chi connectivity index (χ4v) is 11.4. The van der Waals surface area contributed by atoms with Crippen molar-refractivity contribution in [1.82, 2.24) is 4.90 Å². The van der Waals surface area contributed by atoms with E-state index in [4.69, 9.17) is 4.74 Å². The van der Waals surface area contributed by atoms with Gasteiger partial charge < -0.3 is 18.9 Å². The highest BCUT2D eigenvalue weighted by Crippen LogP contribution is 2.62. The van der Waals surface area contributed by atoms with Crippen LogP contribution in [0, 0.1) is 5.92 Å². The predicted molar refractivity (Wildman–Crippen MR) is 185 cm³/mol. The second-order valence-corrected chi connectivity index (χ2v) is 17.8. The number of aliphatic hydroxyl groups is 1. The molecule has 246 valence electrons. The summed E-state index contributed by atoms with van der Waals surface area (Å²) in [5, 5.41) is 11.7. The zero-order chi connectivity index (χ0) is 33.5. The summed E-state index contributed by atoms with van der Waals surface area (Å²) in [6.07, 6.45) is 0.586. The number of fused-ring (bicyclic) bond motifs is 2. The van der Waals surface area contributed by atoms with E-state index in [0.717, 1.165) is 22.9 Å². The number of halogens is 1. The Kier molecular flexibility index (Phi) is 7.14. The number of aliphatic hydroxyl groups excluding tert-OH is 1. The molecule has 10 heteroatoms. The van der Waals surface area contributed by atoms with Gasteiger partial charge in [-0.15, -0.1) is 0 Å². The number of carbonyl (C=O) groups excluding carboxylic acids is 3. The van der Waals surface area contributed by atoms with E-state index >= 15 is 4.11 Å². The molecule has 8 rings (SSSR count). The Morgan fingerprint density at radius 3 is 2.44 bits per heavy atom. The van der Waals surface area contributed by atoms with Crippen LogP contribution in [0.1, 0.15) is 42.1 Å². The summed E-state index contributed by atoms with van der Waals surface area (Å²) in [4.78, 5) is 47.6. The molecule has 0 saturated carbocycles. The molecule has 48 heavy (non-hydrogen) atoms. The van der Waals surface area contributed by atoms with E-state index in [1.165, 1.54) is 0 Å². The summed E-state index contributed by atoms with van der Waals surface area (Å²) in [5.41, 5.74) is 1.51. The fourth-order valence-electron chi connectivity index (χ4n) is 8.95. The van der Waals surface area contributed by atoms with Gasteiger partial charge in [0.2, 0.25) is 14.3 Å². The van der Waals surface area contributed by atoms with Crippen molar-refractivity contribution in [2.45, 2.75) is 62.6 Å². The molecular formula is C38H38FN3O5Si. The number of benzene rings is 4. The number of carbonyl (C=O) groups is 3. The minimum Gasteiger partial charge on any atom is -0.394 e. The largest absolute Gasteiger partial charge is 0.394 e. The molecule has 0 aliphatic carbocycles. The third kappa shape index (κ3) is 4.35. The van der Waals surface area contributed by atoms with Gasteiger partial charge in [0.05, 0.1) is 42.1 Å². The van der Waals surface area contributed by atoms with Crippen molar-refractivity contribution < 1.29 is 28.3 Å². The normalized spacial score (nSPS) is 26.4. The van der Waals surface area contributed by atoms with Gasteiger partial charge in [0, 0.05) is 40.3 Å².